The van der Waals surface area contributed by atoms with E-state index < -0.39 is 0 Å². The molecule has 0 heterocycles. The van der Waals surface area contributed by atoms with Gasteiger partial charge in [-0.15, -0.1) is 0 Å². The van der Waals surface area contributed by atoms with E-state index in [0.29, 0.717) is 0 Å². The second-order valence-corrected chi connectivity index (χ2v) is 3.07. The summed E-state index contributed by atoms with van der Waals surface area (Å²) in [7, 11) is 0. The maximum Gasteiger partial charge on any atom is 0.0793 e. The first-order chi connectivity index (χ1) is 6.34. The van der Waals surface area contributed by atoms with Crippen LogP contribution in [-0.4, -0.2) is 5.11 Å². The van der Waals surface area contributed by atoms with Gasteiger partial charge in [0.2, 0.25) is 0 Å². The molecule has 1 unspecified atom stereocenters. The van der Waals surface area contributed by atoms with Crippen LogP contribution in [0.4, 0.5) is 0 Å². The van der Waals surface area contributed by atoms with Crippen molar-refractivity contribution in [1.29, 1.82) is 0 Å². The Labute approximate surface area is 79.7 Å². The molecule has 0 aromatic heterocycles. The van der Waals surface area contributed by atoms with E-state index in [1.54, 1.807) is 0 Å². The minimum absolute atomic E-state index is 0.322. The van der Waals surface area contributed by atoms with E-state index in [-0.39, 0.29) is 6.10 Å². The SMILES string of the molecule is C/C=C/CCC(O)c1ccccc1. The molecule has 1 N–H and O–H groups in total. The normalized spacial score (nSPS) is 13.4. The minimum atomic E-state index is -0.322. The van der Waals surface area contributed by atoms with Gasteiger partial charge in [0, 0.05) is 0 Å². The molecule has 0 saturated carbocycles. The first-order valence-electron chi connectivity index (χ1n) is 4.68. The van der Waals surface area contributed by atoms with Gasteiger partial charge in [0.1, 0.15) is 0 Å². The monoisotopic (exact) mass is 176 g/mol. The zero-order chi connectivity index (χ0) is 9.52. The van der Waals surface area contributed by atoms with Crippen molar-refractivity contribution in [3.63, 3.8) is 0 Å². The van der Waals surface area contributed by atoms with Crippen molar-refractivity contribution < 1.29 is 5.11 Å². The smallest absolute Gasteiger partial charge is 0.0793 e. The molecule has 0 aliphatic heterocycles. The van der Waals surface area contributed by atoms with Crippen LogP contribution in [0.1, 0.15) is 31.4 Å². The fourth-order valence-electron chi connectivity index (χ4n) is 1.26. The predicted octanol–water partition coefficient (Wildman–Crippen LogP) is 3.08. The fraction of sp³-hybridized carbons (Fsp3) is 0.333. The summed E-state index contributed by atoms with van der Waals surface area (Å²) in [5.74, 6) is 0. The summed E-state index contributed by atoms with van der Waals surface area (Å²) in [5, 5.41) is 9.71. The average molecular weight is 176 g/mol. The highest BCUT2D eigenvalue weighted by molar-refractivity contribution is 5.17. The summed E-state index contributed by atoms with van der Waals surface area (Å²) in [6.45, 7) is 1.99. The van der Waals surface area contributed by atoms with Gasteiger partial charge < -0.3 is 5.11 Å². The molecule has 1 heteroatoms. The van der Waals surface area contributed by atoms with Crippen LogP contribution >= 0.6 is 0 Å². The Hall–Kier alpha value is -1.08. The van der Waals surface area contributed by atoms with Crippen LogP contribution in [0.15, 0.2) is 42.5 Å². The topological polar surface area (TPSA) is 20.2 Å². The van der Waals surface area contributed by atoms with Crippen molar-refractivity contribution in [3.05, 3.63) is 48.0 Å². The lowest BCUT2D eigenvalue weighted by atomic mass is 10.1. The Morgan fingerprint density at radius 1 is 1.31 bits per heavy atom. The Kier molecular flexibility index (Phi) is 4.27. The maximum atomic E-state index is 9.71. The first kappa shape index (κ1) is 10.0. The number of allylic oxidation sites excluding steroid dienone is 2. The van der Waals surface area contributed by atoms with E-state index in [1.807, 2.05) is 43.3 Å². The standard InChI is InChI=1S/C12H16O/c1-2-3-5-10-12(13)11-8-6-4-7-9-11/h2-4,6-9,12-13H,5,10H2,1H3/b3-2+. The molecular weight excluding hydrogens is 160 g/mol. The molecule has 13 heavy (non-hydrogen) atoms. The van der Waals surface area contributed by atoms with E-state index in [1.165, 1.54) is 0 Å². The average Bonchev–Trinajstić information content (AvgIpc) is 2.19. The third-order valence-electron chi connectivity index (χ3n) is 2.03. The molecule has 0 radical (unpaired) electrons. The molecule has 0 aliphatic rings. The zero-order valence-electron chi connectivity index (χ0n) is 7.98. The van der Waals surface area contributed by atoms with Crippen LogP contribution in [0.5, 0.6) is 0 Å². The van der Waals surface area contributed by atoms with Crippen molar-refractivity contribution in [3.8, 4) is 0 Å². The van der Waals surface area contributed by atoms with Gasteiger partial charge in [0.05, 0.1) is 6.10 Å². The van der Waals surface area contributed by atoms with Crippen LogP contribution in [0.3, 0.4) is 0 Å². The van der Waals surface area contributed by atoms with Crippen LogP contribution < -0.4 is 0 Å². The van der Waals surface area contributed by atoms with E-state index in [9.17, 15) is 5.11 Å². The van der Waals surface area contributed by atoms with Gasteiger partial charge in [-0.2, -0.15) is 0 Å². The molecule has 0 aliphatic carbocycles. The summed E-state index contributed by atoms with van der Waals surface area (Å²) in [6, 6.07) is 9.78. The molecule has 1 nitrogen and oxygen atoms in total. The Bertz CT molecular complexity index is 251. The highest BCUT2D eigenvalue weighted by atomic mass is 16.3. The number of rotatable bonds is 4. The number of aliphatic hydroxyl groups is 1. The second kappa shape index (κ2) is 5.55. The van der Waals surface area contributed by atoms with Crippen molar-refractivity contribution in [2.45, 2.75) is 25.9 Å². The lowest BCUT2D eigenvalue weighted by Crippen LogP contribution is -1.95. The Morgan fingerprint density at radius 2 is 2.00 bits per heavy atom. The summed E-state index contributed by atoms with van der Waals surface area (Å²) in [5.41, 5.74) is 1.01. The van der Waals surface area contributed by atoms with Crippen molar-refractivity contribution in [2.75, 3.05) is 0 Å². The fourth-order valence-corrected chi connectivity index (χ4v) is 1.26. The number of hydrogen-bond acceptors (Lipinski definition) is 1. The van der Waals surface area contributed by atoms with E-state index >= 15 is 0 Å². The predicted molar refractivity (Wildman–Crippen MR) is 55.4 cm³/mol. The summed E-state index contributed by atoms with van der Waals surface area (Å²) >= 11 is 0. The highest BCUT2D eigenvalue weighted by Crippen LogP contribution is 2.17. The largest absolute Gasteiger partial charge is 0.388 e. The molecule has 0 spiro atoms. The molecule has 1 aromatic rings. The second-order valence-electron chi connectivity index (χ2n) is 3.07. The number of aliphatic hydroxyl groups excluding tert-OH is 1. The molecule has 0 bridgehead atoms. The van der Waals surface area contributed by atoms with Gasteiger partial charge in [-0.1, -0.05) is 42.5 Å². The number of benzene rings is 1. The van der Waals surface area contributed by atoms with Gasteiger partial charge in [-0.25, -0.2) is 0 Å². The summed E-state index contributed by atoms with van der Waals surface area (Å²) in [4.78, 5) is 0. The van der Waals surface area contributed by atoms with Crippen LogP contribution in [0.25, 0.3) is 0 Å². The van der Waals surface area contributed by atoms with E-state index in [2.05, 4.69) is 6.08 Å². The molecule has 1 rings (SSSR count). The minimum Gasteiger partial charge on any atom is -0.388 e. The van der Waals surface area contributed by atoms with Gasteiger partial charge >= 0.3 is 0 Å². The van der Waals surface area contributed by atoms with E-state index in [4.69, 9.17) is 0 Å². The molecular formula is C12H16O. The Morgan fingerprint density at radius 3 is 2.62 bits per heavy atom. The van der Waals surface area contributed by atoms with Crippen LogP contribution in [0, 0.1) is 0 Å². The van der Waals surface area contributed by atoms with Gasteiger partial charge in [0.15, 0.2) is 0 Å². The molecule has 0 saturated heterocycles. The Balaban J connectivity index is 2.44. The van der Waals surface area contributed by atoms with E-state index in [0.717, 1.165) is 18.4 Å². The quantitative estimate of drug-likeness (QED) is 0.699. The van der Waals surface area contributed by atoms with Crippen molar-refractivity contribution >= 4 is 0 Å². The molecule has 70 valence electrons. The summed E-state index contributed by atoms with van der Waals surface area (Å²) < 4.78 is 0. The summed E-state index contributed by atoms with van der Waals surface area (Å²) in [6.07, 6.45) is 5.50. The third-order valence-corrected chi connectivity index (χ3v) is 2.03. The molecule has 1 aromatic carbocycles. The first-order valence-corrected chi connectivity index (χ1v) is 4.68. The molecule has 1 atom stereocenters. The van der Waals surface area contributed by atoms with Crippen LogP contribution in [0.2, 0.25) is 0 Å². The highest BCUT2D eigenvalue weighted by Gasteiger charge is 2.03. The van der Waals surface area contributed by atoms with Gasteiger partial charge in [-0.05, 0) is 25.3 Å². The molecule has 0 fully saturated rings. The van der Waals surface area contributed by atoms with Gasteiger partial charge in [0.25, 0.3) is 0 Å². The molecule has 0 amide bonds. The van der Waals surface area contributed by atoms with Gasteiger partial charge in [-0.3, -0.25) is 0 Å². The third kappa shape index (κ3) is 3.43. The number of hydrogen-bond donors (Lipinski definition) is 1. The lowest BCUT2D eigenvalue weighted by Gasteiger charge is -2.08. The van der Waals surface area contributed by atoms with Crippen molar-refractivity contribution in [2.24, 2.45) is 0 Å². The zero-order valence-corrected chi connectivity index (χ0v) is 7.98. The van der Waals surface area contributed by atoms with Crippen LogP contribution in [-0.2, 0) is 0 Å². The van der Waals surface area contributed by atoms with Crippen molar-refractivity contribution in [1.82, 2.24) is 0 Å². The maximum absolute atomic E-state index is 9.71. The lowest BCUT2D eigenvalue weighted by molar-refractivity contribution is 0.169.